The number of ether oxygens (including phenoxy) is 2. The predicted molar refractivity (Wildman–Crippen MR) is 112 cm³/mol. The molecule has 0 bridgehead atoms. The second-order valence-corrected chi connectivity index (χ2v) is 8.15. The highest BCUT2D eigenvalue weighted by Gasteiger charge is 2.29. The average Bonchev–Trinajstić information content (AvgIpc) is 2.84. The second kappa shape index (κ2) is 10.4. The van der Waals surface area contributed by atoms with E-state index in [4.69, 9.17) is 9.47 Å². The van der Waals surface area contributed by atoms with E-state index in [9.17, 15) is 31.6 Å². The molecule has 0 spiro atoms. The van der Waals surface area contributed by atoms with Gasteiger partial charge in [-0.1, -0.05) is 19.1 Å². The van der Waals surface area contributed by atoms with Gasteiger partial charge in [-0.3, -0.25) is 5.26 Å². The van der Waals surface area contributed by atoms with E-state index in [2.05, 4.69) is 4.89 Å². The molecule has 1 N–H and O–H groups in total. The number of halogens is 6. The molecule has 186 valence electrons. The van der Waals surface area contributed by atoms with E-state index in [0.717, 1.165) is 36.8 Å². The zero-order valence-electron chi connectivity index (χ0n) is 18.3. The van der Waals surface area contributed by atoms with Crippen LogP contribution in [0.15, 0.2) is 42.5 Å². The van der Waals surface area contributed by atoms with Crippen molar-refractivity contribution in [1.29, 1.82) is 0 Å². The smallest absolute Gasteiger partial charge is 0.194 e. The summed E-state index contributed by atoms with van der Waals surface area (Å²) < 4.78 is 96.0. The first-order valence-electron chi connectivity index (χ1n) is 10.7. The van der Waals surface area contributed by atoms with E-state index in [1.165, 1.54) is 0 Å². The van der Waals surface area contributed by atoms with Gasteiger partial charge in [-0.2, -0.15) is 0 Å². The summed E-state index contributed by atoms with van der Waals surface area (Å²) in [7, 11) is 0. The highest BCUT2D eigenvalue weighted by atomic mass is 19.2. The topological polar surface area (TPSA) is 47.9 Å². The predicted octanol–water partition coefficient (Wildman–Crippen LogP) is 6.84. The maximum absolute atomic E-state index is 14.9. The molecule has 1 aliphatic rings. The van der Waals surface area contributed by atoms with Crippen LogP contribution in [0.25, 0.3) is 11.1 Å². The summed E-state index contributed by atoms with van der Waals surface area (Å²) in [6, 6.07) is 6.12. The van der Waals surface area contributed by atoms with Crippen LogP contribution >= 0.6 is 0 Å². The van der Waals surface area contributed by atoms with Crippen molar-refractivity contribution in [2.24, 2.45) is 5.92 Å². The van der Waals surface area contributed by atoms with E-state index in [0.29, 0.717) is 25.3 Å². The third-order valence-electron chi connectivity index (χ3n) is 5.88. The molecule has 3 aromatic rings. The van der Waals surface area contributed by atoms with E-state index < -0.39 is 52.9 Å². The Morgan fingerprint density at radius 3 is 1.97 bits per heavy atom. The molecule has 0 saturated carbocycles. The molecular formula is C25H20F6O4. The van der Waals surface area contributed by atoms with Crippen LogP contribution in [-0.2, 0) is 14.4 Å². The lowest BCUT2D eigenvalue weighted by atomic mass is 9.96. The summed E-state index contributed by atoms with van der Waals surface area (Å²) in [5.74, 6) is -7.81. The Hall–Kier alpha value is -2.92. The van der Waals surface area contributed by atoms with E-state index in [1.54, 1.807) is 0 Å². The number of benzene rings is 3. The minimum Gasteiger partial charge on any atom is -0.348 e. The minimum absolute atomic E-state index is 0.0804. The van der Waals surface area contributed by atoms with Gasteiger partial charge in [0.1, 0.15) is 23.6 Å². The van der Waals surface area contributed by atoms with Gasteiger partial charge in [0.05, 0.1) is 18.8 Å². The van der Waals surface area contributed by atoms with E-state index in [1.807, 2.05) is 6.92 Å². The average molecular weight is 498 g/mol. The quantitative estimate of drug-likeness (QED) is 0.175. The van der Waals surface area contributed by atoms with Gasteiger partial charge in [0.2, 0.25) is 0 Å². The van der Waals surface area contributed by atoms with Crippen LogP contribution in [0.2, 0.25) is 0 Å². The Bertz CT molecular complexity index is 1180. The fourth-order valence-corrected chi connectivity index (χ4v) is 3.88. The van der Waals surface area contributed by atoms with Crippen LogP contribution in [0.4, 0.5) is 26.3 Å². The molecule has 35 heavy (non-hydrogen) atoms. The van der Waals surface area contributed by atoms with Crippen LogP contribution in [0.1, 0.15) is 42.4 Å². The molecule has 4 rings (SSSR count). The van der Waals surface area contributed by atoms with Gasteiger partial charge in [0, 0.05) is 17.0 Å². The lowest BCUT2D eigenvalue weighted by Crippen LogP contribution is -2.27. The Balaban J connectivity index is 1.64. The molecule has 1 unspecified atom stereocenters. The molecule has 1 atom stereocenters. The Morgan fingerprint density at radius 1 is 0.857 bits per heavy atom. The first-order valence-corrected chi connectivity index (χ1v) is 10.7. The lowest BCUT2D eigenvalue weighted by molar-refractivity contribution is -0.271. The minimum atomic E-state index is -1.77. The number of rotatable bonds is 6. The van der Waals surface area contributed by atoms with Crippen LogP contribution < -0.4 is 0 Å². The monoisotopic (exact) mass is 498 g/mol. The normalized spacial score (nSPS) is 19.1. The molecule has 3 aromatic carbocycles. The number of hydrogen-bond donors (Lipinski definition) is 1. The summed E-state index contributed by atoms with van der Waals surface area (Å²) in [5.41, 5.74) is -1.43. The third kappa shape index (κ3) is 5.06. The molecule has 0 aliphatic carbocycles. The highest BCUT2D eigenvalue weighted by molar-refractivity contribution is 5.65. The first-order chi connectivity index (χ1) is 16.7. The van der Waals surface area contributed by atoms with Crippen LogP contribution in [0, 0.1) is 40.8 Å². The molecule has 1 saturated heterocycles. The SMILES string of the molecule is CCC1COC(c2cc(F)c(C(OO)c3ccc(-c4cc(F)c(F)c(F)c4)c(F)c3)c(F)c2)OC1. The van der Waals surface area contributed by atoms with Crippen molar-refractivity contribution in [2.45, 2.75) is 25.7 Å². The fraction of sp³-hybridized carbons (Fsp3) is 0.280. The molecule has 0 amide bonds. The maximum Gasteiger partial charge on any atom is 0.194 e. The summed E-state index contributed by atoms with van der Waals surface area (Å²) in [6.07, 6.45) is -1.92. The zero-order valence-corrected chi connectivity index (χ0v) is 18.3. The molecule has 0 aromatic heterocycles. The lowest BCUT2D eigenvalue weighted by Gasteiger charge is -2.29. The van der Waals surface area contributed by atoms with Crippen molar-refractivity contribution in [1.82, 2.24) is 0 Å². The van der Waals surface area contributed by atoms with Crippen LogP contribution in [-0.4, -0.2) is 18.5 Å². The summed E-state index contributed by atoms with van der Waals surface area (Å²) >= 11 is 0. The van der Waals surface area contributed by atoms with Crippen LogP contribution in [0.3, 0.4) is 0 Å². The van der Waals surface area contributed by atoms with Crippen molar-refractivity contribution >= 4 is 0 Å². The first kappa shape index (κ1) is 25.2. The Morgan fingerprint density at radius 2 is 1.46 bits per heavy atom. The van der Waals surface area contributed by atoms with Crippen molar-refractivity contribution in [2.75, 3.05) is 13.2 Å². The summed E-state index contributed by atoms with van der Waals surface area (Å²) in [5, 5.41) is 9.39. The molecule has 10 heteroatoms. The van der Waals surface area contributed by atoms with E-state index >= 15 is 0 Å². The van der Waals surface area contributed by atoms with Crippen LogP contribution in [0.5, 0.6) is 0 Å². The summed E-state index contributed by atoms with van der Waals surface area (Å²) in [6.45, 7) is 2.69. The van der Waals surface area contributed by atoms with Crippen molar-refractivity contribution in [3.05, 3.63) is 94.1 Å². The molecule has 1 aliphatic heterocycles. The largest absolute Gasteiger partial charge is 0.348 e. The second-order valence-electron chi connectivity index (χ2n) is 8.15. The molecule has 1 heterocycles. The summed E-state index contributed by atoms with van der Waals surface area (Å²) in [4.78, 5) is 4.27. The van der Waals surface area contributed by atoms with Gasteiger partial charge in [-0.25, -0.2) is 31.2 Å². The molecule has 0 radical (unpaired) electrons. The Kier molecular flexibility index (Phi) is 7.46. The van der Waals surface area contributed by atoms with Gasteiger partial charge in [-0.15, -0.1) is 0 Å². The molecule has 1 fully saturated rings. The standard InChI is InChI=1S/C25H20F6O4/c1-2-12-10-33-25(34-11-12)15-8-18(27)22(19(28)9-15)24(35-32)13-3-4-16(17(26)5-13)14-6-20(29)23(31)21(30)7-14/h3-9,12,24-25,32H,2,10-11H2,1H3. The van der Waals surface area contributed by atoms with Gasteiger partial charge < -0.3 is 9.47 Å². The Labute approximate surface area is 196 Å². The molecular weight excluding hydrogens is 478 g/mol. The van der Waals surface area contributed by atoms with E-state index in [-0.39, 0.29) is 28.2 Å². The van der Waals surface area contributed by atoms with Gasteiger partial charge in [0.25, 0.3) is 0 Å². The van der Waals surface area contributed by atoms with Gasteiger partial charge >= 0.3 is 0 Å². The van der Waals surface area contributed by atoms with Gasteiger partial charge in [-0.05, 0) is 47.9 Å². The van der Waals surface area contributed by atoms with Gasteiger partial charge in [0.15, 0.2) is 23.7 Å². The zero-order chi connectivity index (χ0) is 25.3. The fourth-order valence-electron chi connectivity index (χ4n) is 3.88. The third-order valence-corrected chi connectivity index (χ3v) is 5.88. The van der Waals surface area contributed by atoms with Crippen molar-refractivity contribution in [3.63, 3.8) is 0 Å². The maximum atomic E-state index is 14.9. The number of hydrogen-bond acceptors (Lipinski definition) is 4. The highest BCUT2D eigenvalue weighted by Crippen LogP contribution is 2.36. The van der Waals surface area contributed by atoms with Crippen molar-refractivity contribution < 1.29 is 46.0 Å². The molecule has 4 nitrogen and oxygen atoms in total. The van der Waals surface area contributed by atoms with Crippen molar-refractivity contribution in [3.8, 4) is 11.1 Å².